The molecule has 0 spiro atoms. The summed E-state index contributed by atoms with van der Waals surface area (Å²) < 4.78 is 40.4. The van der Waals surface area contributed by atoms with E-state index in [9.17, 15) is 18.0 Å². The normalized spacial score (nSPS) is 11.8. The molecule has 0 saturated heterocycles. The van der Waals surface area contributed by atoms with E-state index in [-0.39, 0.29) is 22.9 Å². The standard InChI is InChI=1S/C11H10F3NO2/c1-17-10(16)8-2-3-9(15)7(6-8)4-5-11(12,13)14/h2-6H,15H2,1H3/b5-4+. The Balaban J connectivity index is 3.07. The van der Waals surface area contributed by atoms with Crippen LogP contribution >= 0.6 is 0 Å². The van der Waals surface area contributed by atoms with Crippen molar-refractivity contribution in [3.63, 3.8) is 0 Å². The number of allylic oxidation sites excluding steroid dienone is 1. The first-order valence-corrected chi connectivity index (χ1v) is 4.57. The van der Waals surface area contributed by atoms with E-state index in [0.717, 1.165) is 6.08 Å². The van der Waals surface area contributed by atoms with Gasteiger partial charge in [0.25, 0.3) is 0 Å². The molecule has 0 amide bonds. The van der Waals surface area contributed by atoms with Crippen LogP contribution < -0.4 is 5.73 Å². The molecule has 1 aromatic carbocycles. The summed E-state index contributed by atoms with van der Waals surface area (Å²) in [5, 5.41) is 0. The summed E-state index contributed by atoms with van der Waals surface area (Å²) >= 11 is 0. The second-order valence-electron chi connectivity index (χ2n) is 3.21. The van der Waals surface area contributed by atoms with Gasteiger partial charge in [0.2, 0.25) is 0 Å². The van der Waals surface area contributed by atoms with Crippen LogP contribution in [0.25, 0.3) is 6.08 Å². The minimum absolute atomic E-state index is 0.0553. The molecule has 0 aliphatic rings. The fourth-order valence-electron chi connectivity index (χ4n) is 1.15. The third-order valence-electron chi connectivity index (χ3n) is 1.96. The fourth-order valence-corrected chi connectivity index (χ4v) is 1.15. The average Bonchev–Trinajstić information content (AvgIpc) is 2.26. The van der Waals surface area contributed by atoms with Crippen molar-refractivity contribution < 1.29 is 22.7 Å². The van der Waals surface area contributed by atoms with Crippen LogP contribution in [0, 0.1) is 0 Å². The maximum absolute atomic E-state index is 12.0. The van der Waals surface area contributed by atoms with Gasteiger partial charge in [-0.25, -0.2) is 4.79 Å². The molecule has 17 heavy (non-hydrogen) atoms. The zero-order valence-electron chi connectivity index (χ0n) is 8.91. The molecule has 0 bridgehead atoms. The Morgan fingerprint density at radius 3 is 2.59 bits per heavy atom. The highest BCUT2D eigenvalue weighted by atomic mass is 19.4. The Labute approximate surface area is 95.7 Å². The third-order valence-corrected chi connectivity index (χ3v) is 1.96. The first kappa shape index (κ1) is 13.1. The summed E-state index contributed by atoms with van der Waals surface area (Å²) in [6.45, 7) is 0. The lowest BCUT2D eigenvalue weighted by Gasteiger charge is -2.04. The first-order chi connectivity index (χ1) is 7.83. The quantitative estimate of drug-likeness (QED) is 0.643. The topological polar surface area (TPSA) is 52.3 Å². The molecule has 0 fully saturated rings. The number of hydrogen-bond donors (Lipinski definition) is 1. The molecule has 0 aliphatic heterocycles. The fraction of sp³-hybridized carbons (Fsp3) is 0.182. The number of benzene rings is 1. The van der Waals surface area contributed by atoms with Gasteiger partial charge in [0, 0.05) is 11.8 Å². The Morgan fingerprint density at radius 1 is 1.41 bits per heavy atom. The SMILES string of the molecule is COC(=O)c1ccc(N)c(/C=C/C(F)(F)F)c1. The second kappa shape index (κ2) is 4.90. The van der Waals surface area contributed by atoms with Crippen LogP contribution in [0.2, 0.25) is 0 Å². The molecule has 1 rings (SSSR count). The van der Waals surface area contributed by atoms with Crippen LogP contribution in [0.4, 0.5) is 18.9 Å². The number of carbonyl (C=O) groups excluding carboxylic acids is 1. The van der Waals surface area contributed by atoms with Crippen molar-refractivity contribution in [3.05, 3.63) is 35.4 Å². The minimum atomic E-state index is -4.42. The number of carbonyl (C=O) groups is 1. The Hall–Kier alpha value is -1.98. The summed E-state index contributed by atoms with van der Waals surface area (Å²) in [6.07, 6.45) is -3.56. The van der Waals surface area contributed by atoms with Crippen LogP contribution in [0.3, 0.4) is 0 Å². The van der Waals surface area contributed by atoms with E-state index in [0.29, 0.717) is 0 Å². The predicted molar refractivity (Wildman–Crippen MR) is 57.3 cm³/mol. The van der Waals surface area contributed by atoms with Crippen molar-refractivity contribution in [2.24, 2.45) is 0 Å². The van der Waals surface area contributed by atoms with E-state index >= 15 is 0 Å². The van der Waals surface area contributed by atoms with Gasteiger partial charge in [-0.1, -0.05) is 0 Å². The van der Waals surface area contributed by atoms with Crippen LogP contribution in [-0.2, 0) is 4.74 Å². The Kier molecular flexibility index (Phi) is 3.77. The maximum Gasteiger partial charge on any atom is 0.409 e. The number of esters is 1. The van der Waals surface area contributed by atoms with Crippen molar-refractivity contribution >= 4 is 17.7 Å². The smallest absolute Gasteiger partial charge is 0.409 e. The number of anilines is 1. The van der Waals surface area contributed by atoms with E-state index in [1.165, 1.54) is 25.3 Å². The van der Waals surface area contributed by atoms with Crippen LogP contribution in [0.5, 0.6) is 0 Å². The van der Waals surface area contributed by atoms with Gasteiger partial charge in [0.15, 0.2) is 0 Å². The van der Waals surface area contributed by atoms with E-state index in [4.69, 9.17) is 5.73 Å². The number of nitrogens with two attached hydrogens (primary N) is 1. The first-order valence-electron chi connectivity index (χ1n) is 4.57. The molecule has 0 radical (unpaired) electrons. The number of methoxy groups -OCH3 is 1. The van der Waals surface area contributed by atoms with Crippen molar-refractivity contribution in [1.29, 1.82) is 0 Å². The highest BCUT2D eigenvalue weighted by molar-refractivity contribution is 5.91. The highest BCUT2D eigenvalue weighted by Gasteiger charge is 2.22. The van der Waals surface area contributed by atoms with Crippen LogP contribution in [-0.4, -0.2) is 19.3 Å². The number of nitrogen functional groups attached to an aromatic ring is 1. The Morgan fingerprint density at radius 2 is 2.06 bits per heavy atom. The molecule has 0 aliphatic carbocycles. The molecular weight excluding hydrogens is 235 g/mol. The highest BCUT2D eigenvalue weighted by Crippen LogP contribution is 2.21. The van der Waals surface area contributed by atoms with Crippen molar-refractivity contribution in [1.82, 2.24) is 0 Å². The number of ether oxygens (including phenoxy) is 1. The van der Waals surface area contributed by atoms with Gasteiger partial charge in [-0.05, 0) is 29.8 Å². The number of halogens is 3. The van der Waals surface area contributed by atoms with Gasteiger partial charge < -0.3 is 10.5 Å². The molecule has 0 atom stereocenters. The van der Waals surface area contributed by atoms with Gasteiger partial charge >= 0.3 is 12.1 Å². The largest absolute Gasteiger partial charge is 0.465 e. The van der Waals surface area contributed by atoms with E-state index in [2.05, 4.69) is 4.74 Å². The molecule has 92 valence electrons. The van der Waals surface area contributed by atoms with Crippen LogP contribution in [0.1, 0.15) is 15.9 Å². The summed E-state index contributed by atoms with van der Waals surface area (Å²) in [6, 6.07) is 3.97. The van der Waals surface area contributed by atoms with Crippen molar-refractivity contribution in [3.8, 4) is 0 Å². The van der Waals surface area contributed by atoms with Gasteiger partial charge in [-0.15, -0.1) is 0 Å². The Bertz CT molecular complexity index is 453. The molecule has 3 nitrogen and oxygen atoms in total. The average molecular weight is 245 g/mol. The van der Waals surface area contributed by atoms with Gasteiger partial charge in [0.1, 0.15) is 0 Å². The van der Waals surface area contributed by atoms with Gasteiger partial charge in [0.05, 0.1) is 12.7 Å². The summed E-state index contributed by atoms with van der Waals surface area (Å²) in [5.74, 6) is -0.633. The van der Waals surface area contributed by atoms with E-state index < -0.39 is 12.1 Å². The number of hydrogen-bond acceptors (Lipinski definition) is 3. The van der Waals surface area contributed by atoms with Gasteiger partial charge in [-0.3, -0.25) is 0 Å². The van der Waals surface area contributed by atoms with E-state index in [1.54, 1.807) is 0 Å². The number of alkyl halides is 3. The minimum Gasteiger partial charge on any atom is -0.465 e. The summed E-state index contributed by atoms with van der Waals surface area (Å²) in [4.78, 5) is 11.2. The lowest BCUT2D eigenvalue weighted by Crippen LogP contribution is -2.03. The monoisotopic (exact) mass is 245 g/mol. The second-order valence-corrected chi connectivity index (χ2v) is 3.21. The third kappa shape index (κ3) is 3.82. The lowest BCUT2D eigenvalue weighted by molar-refractivity contribution is -0.0790. The molecule has 0 saturated carbocycles. The molecular formula is C11H10F3NO2. The number of rotatable bonds is 2. The lowest BCUT2D eigenvalue weighted by atomic mass is 10.1. The molecule has 2 N–H and O–H groups in total. The van der Waals surface area contributed by atoms with Crippen molar-refractivity contribution in [2.75, 3.05) is 12.8 Å². The zero-order valence-corrected chi connectivity index (χ0v) is 8.91. The summed E-state index contributed by atoms with van der Waals surface area (Å²) in [5.41, 5.74) is 5.90. The molecule has 1 aromatic rings. The molecule has 0 heterocycles. The molecule has 0 unspecified atom stereocenters. The van der Waals surface area contributed by atoms with Gasteiger partial charge in [-0.2, -0.15) is 13.2 Å². The van der Waals surface area contributed by atoms with Crippen molar-refractivity contribution in [2.45, 2.75) is 6.18 Å². The van der Waals surface area contributed by atoms with E-state index in [1.807, 2.05) is 0 Å². The predicted octanol–water partition coefficient (Wildman–Crippen LogP) is 2.63. The molecule has 0 aromatic heterocycles. The zero-order chi connectivity index (χ0) is 13.1. The van der Waals surface area contributed by atoms with Crippen LogP contribution in [0.15, 0.2) is 24.3 Å². The molecule has 6 heteroatoms. The summed E-state index contributed by atoms with van der Waals surface area (Å²) in [7, 11) is 1.18. The maximum atomic E-state index is 12.0.